The number of carbonyl (C=O) groups excluding carboxylic acids is 6. The second kappa shape index (κ2) is 30.6. The molecule has 1 rings (SSSR count). The largest absolute Gasteiger partial charge is 0.477 e. The van der Waals surface area contributed by atoms with Crippen LogP contribution in [0.15, 0.2) is 11.4 Å². The number of aromatic nitrogens is 2. The van der Waals surface area contributed by atoms with E-state index in [1.165, 1.54) is 39.0 Å². The van der Waals surface area contributed by atoms with Crippen LogP contribution >= 0.6 is 0 Å². The van der Waals surface area contributed by atoms with Gasteiger partial charge in [0.25, 0.3) is 0 Å². The van der Waals surface area contributed by atoms with Gasteiger partial charge in [-0.05, 0) is 59.8 Å². The third-order valence-electron chi connectivity index (χ3n) is 10.2. The van der Waals surface area contributed by atoms with E-state index in [2.05, 4.69) is 16.9 Å². The van der Waals surface area contributed by atoms with Crippen molar-refractivity contribution in [1.82, 2.24) is 9.97 Å². The van der Waals surface area contributed by atoms with Gasteiger partial charge in [0.15, 0.2) is 6.10 Å². The SMILES string of the molecule is CCCCCCCCCCC(CCCCCCCOC(C)C(=O)OC(C)(C)C)c1cnc(S(C)(=O)=O)nc1OCCC(=O)CCC(=O)CCC(=O)CCC(=O)CCC(C)=O. The topological polar surface area (TPSA) is 190 Å². The molecule has 0 spiro atoms. The quantitative estimate of drug-likeness (QED) is 0.0350. The van der Waals surface area contributed by atoms with Crippen molar-refractivity contribution < 1.29 is 51.4 Å². The maximum atomic E-state index is 12.8. The van der Waals surface area contributed by atoms with Crippen molar-refractivity contribution in [2.45, 2.75) is 218 Å². The minimum Gasteiger partial charge on any atom is -0.477 e. The fraction of sp³-hybridized carbons (Fsp3) is 0.783. The summed E-state index contributed by atoms with van der Waals surface area (Å²) >= 11 is 0. The summed E-state index contributed by atoms with van der Waals surface area (Å²) < 4.78 is 42.0. The second-order valence-electron chi connectivity index (χ2n) is 17.2. The van der Waals surface area contributed by atoms with Crippen molar-refractivity contribution in [2.24, 2.45) is 0 Å². The van der Waals surface area contributed by atoms with E-state index in [0.29, 0.717) is 6.61 Å². The van der Waals surface area contributed by atoms with E-state index in [-0.39, 0.29) is 116 Å². The number of nitrogens with zero attached hydrogens (tertiary/aromatic N) is 2. The van der Waals surface area contributed by atoms with Crippen molar-refractivity contribution in [3.63, 3.8) is 0 Å². The van der Waals surface area contributed by atoms with Crippen molar-refractivity contribution in [1.29, 1.82) is 0 Å². The van der Waals surface area contributed by atoms with Gasteiger partial charge in [0, 0.05) is 82.4 Å². The lowest BCUT2D eigenvalue weighted by molar-refractivity contribution is -0.167. The predicted octanol–water partition coefficient (Wildman–Crippen LogP) is 9.34. The Morgan fingerprint density at radius 3 is 1.57 bits per heavy atom. The highest BCUT2D eigenvalue weighted by Gasteiger charge is 2.24. The molecular weight excluding hydrogens is 789 g/mol. The number of ether oxygens (including phenoxy) is 3. The van der Waals surface area contributed by atoms with Crippen LogP contribution in [0.4, 0.5) is 0 Å². The van der Waals surface area contributed by atoms with Crippen molar-refractivity contribution >= 4 is 44.7 Å². The molecule has 0 fully saturated rings. The maximum absolute atomic E-state index is 12.8. The van der Waals surface area contributed by atoms with E-state index in [1.54, 1.807) is 13.1 Å². The minimum atomic E-state index is -3.73. The number of Topliss-reactive ketones (excluding diaryl/α,β-unsaturated/α-hetero) is 5. The Bertz CT molecular complexity index is 1590. The Labute approximate surface area is 360 Å². The lowest BCUT2D eigenvalue weighted by atomic mass is 9.89. The van der Waals surface area contributed by atoms with Crippen LogP contribution in [-0.4, -0.2) is 84.4 Å². The summed E-state index contributed by atoms with van der Waals surface area (Å²) in [5, 5.41) is -0.345. The van der Waals surface area contributed by atoms with E-state index in [4.69, 9.17) is 14.2 Å². The average molecular weight is 865 g/mol. The van der Waals surface area contributed by atoms with Crippen LogP contribution in [0.3, 0.4) is 0 Å². The molecule has 0 aromatic carbocycles. The van der Waals surface area contributed by atoms with Crippen LogP contribution < -0.4 is 4.74 Å². The van der Waals surface area contributed by atoms with E-state index in [9.17, 15) is 37.2 Å². The Morgan fingerprint density at radius 2 is 1.10 bits per heavy atom. The molecule has 2 unspecified atom stereocenters. The molecule has 0 aliphatic rings. The van der Waals surface area contributed by atoms with E-state index < -0.39 is 21.5 Å². The molecule has 0 bridgehead atoms. The second-order valence-corrected chi connectivity index (χ2v) is 19.1. The Balaban J connectivity index is 2.80. The van der Waals surface area contributed by atoms with Gasteiger partial charge in [-0.3, -0.25) is 19.2 Å². The lowest BCUT2D eigenvalue weighted by Gasteiger charge is -2.22. The molecular formula is C46H76N2O11S. The van der Waals surface area contributed by atoms with Crippen LogP contribution in [-0.2, 0) is 48.1 Å². The van der Waals surface area contributed by atoms with Gasteiger partial charge >= 0.3 is 5.97 Å². The molecule has 0 aliphatic carbocycles. The Kier molecular flexibility index (Phi) is 27.9. The molecule has 13 nitrogen and oxygen atoms in total. The zero-order valence-electron chi connectivity index (χ0n) is 37.9. The van der Waals surface area contributed by atoms with Gasteiger partial charge < -0.3 is 19.0 Å². The molecule has 1 aromatic rings. The Hall–Kier alpha value is -3.39. The van der Waals surface area contributed by atoms with Crippen LogP contribution in [0.25, 0.3) is 0 Å². The first-order chi connectivity index (χ1) is 28.3. The number of sulfone groups is 1. The fourth-order valence-electron chi connectivity index (χ4n) is 6.56. The first-order valence-electron chi connectivity index (χ1n) is 22.4. The van der Waals surface area contributed by atoms with Gasteiger partial charge in [-0.15, -0.1) is 0 Å². The van der Waals surface area contributed by atoms with Crippen molar-refractivity contribution in [2.75, 3.05) is 19.5 Å². The highest BCUT2D eigenvalue weighted by atomic mass is 32.2. The van der Waals surface area contributed by atoms with E-state index >= 15 is 0 Å². The summed E-state index contributed by atoms with van der Waals surface area (Å²) in [7, 11) is -3.73. The third-order valence-corrected chi connectivity index (χ3v) is 11.0. The number of hydrogen-bond donors (Lipinski definition) is 0. The summed E-state index contributed by atoms with van der Waals surface area (Å²) in [6, 6.07) is 0. The normalized spacial score (nSPS) is 12.8. The van der Waals surface area contributed by atoms with Gasteiger partial charge in [0.1, 0.15) is 34.5 Å². The van der Waals surface area contributed by atoms with Crippen molar-refractivity contribution in [3.05, 3.63) is 11.8 Å². The van der Waals surface area contributed by atoms with Gasteiger partial charge in [-0.2, -0.15) is 4.98 Å². The highest BCUT2D eigenvalue weighted by molar-refractivity contribution is 7.90. The van der Waals surface area contributed by atoms with Crippen LogP contribution in [0.5, 0.6) is 5.88 Å². The molecule has 0 saturated carbocycles. The lowest BCUT2D eigenvalue weighted by Crippen LogP contribution is -2.31. The van der Waals surface area contributed by atoms with Crippen LogP contribution in [0, 0.1) is 0 Å². The number of hydrogen-bond acceptors (Lipinski definition) is 13. The first kappa shape index (κ1) is 54.6. The van der Waals surface area contributed by atoms with Gasteiger partial charge in [-0.25, -0.2) is 18.2 Å². The Morgan fingerprint density at radius 1 is 0.650 bits per heavy atom. The summed E-state index contributed by atoms with van der Waals surface area (Å²) in [5.41, 5.74) is 0.164. The van der Waals surface area contributed by atoms with Crippen molar-refractivity contribution in [3.8, 4) is 5.88 Å². The molecule has 342 valence electrons. The minimum absolute atomic E-state index is 0.00108. The molecule has 0 aliphatic heterocycles. The van der Waals surface area contributed by atoms with Gasteiger partial charge in [0.2, 0.25) is 20.9 Å². The summed E-state index contributed by atoms with van der Waals surface area (Å²) in [4.78, 5) is 81.0. The zero-order chi connectivity index (χ0) is 45.0. The first-order valence-corrected chi connectivity index (χ1v) is 24.3. The summed E-state index contributed by atoms with van der Waals surface area (Å²) in [6.45, 7) is 11.2. The molecule has 14 heteroatoms. The van der Waals surface area contributed by atoms with E-state index in [1.807, 2.05) is 20.8 Å². The summed E-state index contributed by atoms with van der Waals surface area (Å²) in [6.07, 6.45) is 18.1. The monoisotopic (exact) mass is 865 g/mol. The van der Waals surface area contributed by atoms with E-state index in [0.717, 1.165) is 76.0 Å². The molecule has 0 N–H and O–H groups in total. The van der Waals surface area contributed by atoms with Gasteiger partial charge in [-0.1, -0.05) is 84.0 Å². The molecule has 0 radical (unpaired) electrons. The van der Waals surface area contributed by atoms with Crippen LogP contribution in [0.1, 0.15) is 207 Å². The molecule has 60 heavy (non-hydrogen) atoms. The molecule has 0 amide bonds. The number of unbranched alkanes of at least 4 members (excludes halogenated alkanes) is 11. The summed E-state index contributed by atoms with van der Waals surface area (Å²) in [5.74, 6) is -1.04. The number of esters is 1. The number of ketones is 5. The zero-order valence-corrected chi connectivity index (χ0v) is 38.7. The third kappa shape index (κ3) is 27.5. The van der Waals surface area contributed by atoms with Crippen LogP contribution in [0.2, 0.25) is 0 Å². The predicted molar refractivity (Wildman–Crippen MR) is 232 cm³/mol. The maximum Gasteiger partial charge on any atom is 0.335 e. The molecule has 2 atom stereocenters. The standard InChI is InChI=1S/C46H76N2O11S/c1-8-9-10-11-12-13-15-18-21-37(22-19-16-14-17-20-32-57-36(3)44(54)59-46(4,5)6)42-34-47-45(60(7,55)56)48-43(42)58-33-31-41(53)30-29-40(52)28-27-39(51)26-25-38(50)24-23-35(2)49/h34,36-37H,8-33H2,1-7H3. The fourth-order valence-corrected chi connectivity index (χ4v) is 7.06. The number of carbonyl (C=O) groups is 6. The molecule has 1 aromatic heterocycles. The average Bonchev–Trinajstić information content (AvgIpc) is 3.17. The highest BCUT2D eigenvalue weighted by Crippen LogP contribution is 2.34. The molecule has 1 heterocycles. The smallest absolute Gasteiger partial charge is 0.335 e. The molecule has 0 saturated heterocycles. The number of rotatable bonds is 37. The van der Waals surface area contributed by atoms with Gasteiger partial charge in [0.05, 0.1) is 6.61 Å².